The fourth-order valence-corrected chi connectivity index (χ4v) is 4.04. The monoisotopic (exact) mass is 318 g/mol. The molecule has 23 heavy (non-hydrogen) atoms. The van der Waals surface area contributed by atoms with E-state index in [9.17, 15) is 4.79 Å². The van der Waals surface area contributed by atoms with Gasteiger partial charge >= 0.3 is 0 Å². The van der Waals surface area contributed by atoms with Crippen LogP contribution in [0.4, 0.5) is 0 Å². The zero-order valence-corrected chi connectivity index (χ0v) is 14.6. The normalized spacial score (nSPS) is 22.7. The Morgan fingerprint density at radius 3 is 2.57 bits per heavy atom. The van der Waals surface area contributed by atoms with E-state index in [0.29, 0.717) is 11.8 Å². The Bertz CT molecular complexity index is 510. The van der Waals surface area contributed by atoms with Crippen LogP contribution in [0.3, 0.4) is 0 Å². The third kappa shape index (κ3) is 3.63. The number of likely N-dealkylation sites (tertiary alicyclic amines) is 2. The van der Waals surface area contributed by atoms with E-state index in [1.165, 1.54) is 37.9 Å². The topological polar surface area (TPSA) is 36.7 Å². The van der Waals surface area contributed by atoms with Gasteiger partial charge in [-0.15, -0.1) is 0 Å². The van der Waals surface area contributed by atoms with Gasteiger partial charge in [-0.25, -0.2) is 0 Å². The molecule has 4 heteroatoms. The van der Waals surface area contributed by atoms with Gasteiger partial charge in [0.25, 0.3) is 5.91 Å². The molecule has 0 aromatic carbocycles. The molecule has 2 aliphatic rings. The molecular weight excluding hydrogens is 288 g/mol. The molecule has 1 aromatic rings. The molecule has 128 valence electrons. The first-order valence-corrected chi connectivity index (χ1v) is 9.37. The van der Waals surface area contributed by atoms with Crippen molar-refractivity contribution >= 4 is 5.91 Å². The predicted octanol–water partition coefficient (Wildman–Crippen LogP) is 3.49. The highest BCUT2D eigenvalue weighted by Gasteiger charge is 2.32. The van der Waals surface area contributed by atoms with Gasteiger partial charge in [-0.3, -0.25) is 4.79 Å². The maximum Gasteiger partial charge on any atom is 0.289 e. The molecule has 2 aliphatic heterocycles. The van der Waals surface area contributed by atoms with Crippen molar-refractivity contribution in [3.63, 3.8) is 0 Å². The van der Waals surface area contributed by atoms with Gasteiger partial charge in [-0.05, 0) is 56.8 Å². The van der Waals surface area contributed by atoms with Crippen LogP contribution in [0.2, 0.25) is 0 Å². The smallest absolute Gasteiger partial charge is 0.289 e. The minimum absolute atomic E-state index is 0.0962. The number of hydrogen-bond donors (Lipinski definition) is 0. The highest BCUT2D eigenvalue weighted by molar-refractivity contribution is 5.92. The molecule has 1 unspecified atom stereocenters. The lowest BCUT2D eigenvalue weighted by Gasteiger charge is -2.32. The van der Waals surface area contributed by atoms with Gasteiger partial charge in [0.15, 0.2) is 5.76 Å². The summed E-state index contributed by atoms with van der Waals surface area (Å²) in [6.07, 6.45) is 7.99. The summed E-state index contributed by atoms with van der Waals surface area (Å²) in [6, 6.07) is 2.33. The summed E-state index contributed by atoms with van der Waals surface area (Å²) < 4.78 is 5.86. The molecule has 3 heterocycles. The molecular formula is C19H30N2O2. The predicted molar refractivity (Wildman–Crippen MR) is 91.8 cm³/mol. The zero-order valence-electron chi connectivity index (χ0n) is 14.6. The van der Waals surface area contributed by atoms with Gasteiger partial charge in [0.2, 0.25) is 0 Å². The summed E-state index contributed by atoms with van der Waals surface area (Å²) in [5.41, 5.74) is 1.18. The van der Waals surface area contributed by atoms with Crippen molar-refractivity contribution in [1.82, 2.24) is 9.80 Å². The summed E-state index contributed by atoms with van der Waals surface area (Å²) in [7, 11) is 0. The average Bonchev–Trinajstić information content (AvgIpc) is 3.21. The molecule has 2 saturated heterocycles. The van der Waals surface area contributed by atoms with Crippen molar-refractivity contribution in [2.75, 3.05) is 26.2 Å². The number of carbonyl (C=O) groups is 1. The average molecular weight is 318 g/mol. The molecule has 0 aliphatic carbocycles. The summed E-state index contributed by atoms with van der Waals surface area (Å²) in [5.74, 6) is 1.62. The van der Waals surface area contributed by atoms with Crippen molar-refractivity contribution in [2.45, 2.75) is 64.8 Å². The van der Waals surface area contributed by atoms with E-state index in [4.69, 9.17) is 4.42 Å². The Balaban J connectivity index is 1.68. The molecule has 0 saturated carbocycles. The van der Waals surface area contributed by atoms with E-state index in [1.807, 2.05) is 6.07 Å². The van der Waals surface area contributed by atoms with Crippen LogP contribution in [-0.2, 0) is 12.8 Å². The van der Waals surface area contributed by atoms with Gasteiger partial charge in [-0.1, -0.05) is 20.3 Å². The molecule has 1 aromatic heterocycles. The molecule has 2 fully saturated rings. The Kier molecular flexibility index (Phi) is 5.42. The first kappa shape index (κ1) is 16.6. The van der Waals surface area contributed by atoms with Gasteiger partial charge in [0, 0.05) is 25.6 Å². The minimum Gasteiger partial charge on any atom is -0.456 e. The van der Waals surface area contributed by atoms with Gasteiger partial charge < -0.3 is 14.2 Å². The summed E-state index contributed by atoms with van der Waals surface area (Å²) >= 11 is 0. The molecule has 3 rings (SSSR count). The summed E-state index contributed by atoms with van der Waals surface area (Å²) in [4.78, 5) is 17.5. The molecule has 1 amide bonds. The van der Waals surface area contributed by atoms with Gasteiger partial charge in [0.1, 0.15) is 5.76 Å². The van der Waals surface area contributed by atoms with Crippen molar-refractivity contribution in [3.8, 4) is 0 Å². The Labute approximate surface area is 139 Å². The van der Waals surface area contributed by atoms with Gasteiger partial charge in [-0.2, -0.15) is 0 Å². The quantitative estimate of drug-likeness (QED) is 0.834. The number of piperidine rings is 1. The zero-order chi connectivity index (χ0) is 16.2. The third-order valence-electron chi connectivity index (χ3n) is 5.37. The molecule has 0 spiro atoms. The summed E-state index contributed by atoms with van der Waals surface area (Å²) in [6.45, 7) is 8.50. The van der Waals surface area contributed by atoms with Crippen molar-refractivity contribution in [1.29, 1.82) is 0 Å². The number of carbonyl (C=O) groups excluding carboxylic acids is 1. The van der Waals surface area contributed by atoms with Crippen LogP contribution in [0.5, 0.6) is 0 Å². The Morgan fingerprint density at radius 1 is 1.13 bits per heavy atom. The maximum atomic E-state index is 12.9. The van der Waals surface area contributed by atoms with Crippen LogP contribution in [-0.4, -0.2) is 47.9 Å². The standard InChI is InChI=1S/C19H30N2O2/c1-3-15-13-18(23-17(15)4-2)19(22)21-12-8-9-16(21)14-20-10-6-5-7-11-20/h13,16H,3-12,14H2,1-2H3. The third-order valence-corrected chi connectivity index (χ3v) is 5.37. The largest absolute Gasteiger partial charge is 0.456 e. The number of hydrogen-bond acceptors (Lipinski definition) is 3. The van der Waals surface area contributed by atoms with Crippen LogP contribution in [0.1, 0.15) is 67.8 Å². The summed E-state index contributed by atoms with van der Waals surface area (Å²) in [5, 5.41) is 0. The van der Waals surface area contributed by atoms with Gasteiger partial charge in [0.05, 0.1) is 0 Å². The van der Waals surface area contributed by atoms with E-state index in [0.717, 1.165) is 44.5 Å². The van der Waals surface area contributed by atoms with E-state index < -0.39 is 0 Å². The minimum atomic E-state index is 0.0962. The van der Waals surface area contributed by atoms with E-state index in [1.54, 1.807) is 0 Å². The molecule has 1 atom stereocenters. The molecule has 0 bridgehead atoms. The lowest BCUT2D eigenvalue weighted by atomic mass is 10.1. The number of nitrogens with zero attached hydrogens (tertiary/aromatic N) is 2. The van der Waals surface area contributed by atoms with Crippen molar-refractivity contribution < 1.29 is 9.21 Å². The number of rotatable bonds is 5. The number of furan rings is 1. The first-order chi connectivity index (χ1) is 11.2. The lowest BCUT2D eigenvalue weighted by Crippen LogP contribution is -2.44. The second kappa shape index (κ2) is 7.52. The number of amides is 1. The van der Waals surface area contributed by atoms with Crippen molar-refractivity contribution in [3.05, 3.63) is 23.2 Å². The maximum absolute atomic E-state index is 12.9. The van der Waals surface area contributed by atoms with E-state index >= 15 is 0 Å². The van der Waals surface area contributed by atoms with E-state index in [2.05, 4.69) is 23.6 Å². The second-order valence-corrected chi connectivity index (χ2v) is 6.92. The van der Waals surface area contributed by atoms with Crippen LogP contribution in [0.15, 0.2) is 10.5 Å². The molecule has 0 N–H and O–H groups in total. The van der Waals surface area contributed by atoms with Crippen molar-refractivity contribution in [2.24, 2.45) is 0 Å². The highest BCUT2D eigenvalue weighted by atomic mass is 16.4. The SMILES string of the molecule is CCc1cc(C(=O)N2CCCC2CN2CCCCC2)oc1CC. The van der Waals surface area contributed by atoms with Crippen LogP contribution >= 0.6 is 0 Å². The van der Waals surface area contributed by atoms with Crippen LogP contribution in [0.25, 0.3) is 0 Å². The second-order valence-electron chi connectivity index (χ2n) is 6.92. The fourth-order valence-electron chi connectivity index (χ4n) is 4.04. The van der Waals surface area contributed by atoms with E-state index in [-0.39, 0.29) is 5.91 Å². The Morgan fingerprint density at radius 2 is 1.91 bits per heavy atom. The lowest BCUT2D eigenvalue weighted by molar-refractivity contribution is 0.0657. The fraction of sp³-hybridized carbons (Fsp3) is 0.737. The number of aryl methyl sites for hydroxylation is 2. The van der Waals surface area contributed by atoms with Crippen LogP contribution < -0.4 is 0 Å². The first-order valence-electron chi connectivity index (χ1n) is 9.37. The molecule has 4 nitrogen and oxygen atoms in total. The van der Waals surface area contributed by atoms with Crippen LogP contribution in [0, 0.1) is 0 Å². The molecule has 0 radical (unpaired) electrons. The Hall–Kier alpha value is -1.29. The highest BCUT2D eigenvalue weighted by Crippen LogP contribution is 2.25.